The first kappa shape index (κ1) is 19.7. The van der Waals surface area contributed by atoms with Gasteiger partial charge < -0.3 is 14.8 Å². The maximum atomic E-state index is 11.9. The Balaban J connectivity index is 4.01. The fourth-order valence-electron chi connectivity index (χ4n) is 1.95. The zero-order valence-corrected chi connectivity index (χ0v) is 14.4. The van der Waals surface area contributed by atoms with Gasteiger partial charge in [0.25, 0.3) is 0 Å². The molecule has 5 nitrogen and oxygen atoms in total. The summed E-state index contributed by atoms with van der Waals surface area (Å²) in [6.45, 7) is 12.1. The minimum Gasteiger partial charge on any atom is -0.463 e. The van der Waals surface area contributed by atoms with Crippen molar-refractivity contribution >= 4 is 12.1 Å². The van der Waals surface area contributed by atoms with Gasteiger partial charge in [0.15, 0.2) is 0 Å². The first-order chi connectivity index (χ1) is 9.70. The van der Waals surface area contributed by atoms with Crippen LogP contribution in [0, 0.1) is 5.41 Å². The van der Waals surface area contributed by atoms with Crippen molar-refractivity contribution in [3.05, 3.63) is 0 Å². The predicted molar refractivity (Wildman–Crippen MR) is 83.1 cm³/mol. The van der Waals surface area contributed by atoms with Gasteiger partial charge in [-0.15, -0.1) is 0 Å². The number of rotatable bonds is 9. The topological polar surface area (TPSA) is 64.6 Å². The van der Waals surface area contributed by atoms with Crippen molar-refractivity contribution in [3.63, 3.8) is 0 Å². The van der Waals surface area contributed by atoms with Gasteiger partial charge in [-0.3, -0.25) is 4.79 Å². The van der Waals surface area contributed by atoms with Crippen LogP contribution in [0.1, 0.15) is 67.2 Å². The molecule has 1 N–H and O–H groups in total. The van der Waals surface area contributed by atoms with E-state index in [0.29, 0.717) is 0 Å². The lowest BCUT2D eigenvalue weighted by Crippen LogP contribution is -2.37. The maximum absolute atomic E-state index is 11.9. The second kappa shape index (κ2) is 8.90. The molecule has 1 amide bonds. The third kappa shape index (κ3) is 7.34. The lowest BCUT2D eigenvalue weighted by molar-refractivity contribution is -0.155. The van der Waals surface area contributed by atoms with Crippen LogP contribution in [0.2, 0.25) is 0 Å². The molecule has 0 aliphatic carbocycles. The fraction of sp³-hybridized carbons (Fsp3) is 0.875. The molecular formula is C16H31NO4. The van der Waals surface area contributed by atoms with Gasteiger partial charge in [-0.1, -0.05) is 27.2 Å². The van der Waals surface area contributed by atoms with Gasteiger partial charge in [-0.2, -0.15) is 0 Å². The number of carbonyl (C=O) groups excluding carboxylic acids is 2. The van der Waals surface area contributed by atoms with E-state index in [1.165, 1.54) is 0 Å². The first-order valence-electron chi connectivity index (χ1n) is 7.84. The minimum absolute atomic E-state index is 0.164. The van der Waals surface area contributed by atoms with Gasteiger partial charge in [0.1, 0.15) is 12.2 Å². The molecule has 0 spiro atoms. The summed E-state index contributed by atoms with van der Waals surface area (Å²) in [6.07, 6.45) is 2.76. The molecule has 0 radical (unpaired) electrons. The molecule has 0 rings (SSSR count). The van der Waals surface area contributed by atoms with E-state index in [2.05, 4.69) is 5.32 Å². The summed E-state index contributed by atoms with van der Waals surface area (Å²) in [7, 11) is 0. The summed E-state index contributed by atoms with van der Waals surface area (Å²) in [5.41, 5.74) is -0.915. The molecule has 124 valence electrons. The van der Waals surface area contributed by atoms with Gasteiger partial charge in [-0.25, -0.2) is 4.79 Å². The third-order valence-electron chi connectivity index (χ3n) is 3.88. The summed E-state index contributed by atoms with van der Waals surface area (Å²) < 4.78 is 10.5. The molecular weight excluding hydrogens is 270 g/mol. The number of esters is 1. The zero-order chi connectivity index (χ0) is 16.5. The quantitative estimate of drug-likeness (QED) is 0.521. The molecule has 0 aromatic heterocycles. The monoisotopic (exact) mass is 301 g/mol. The van der Waals surface area contributed by atoms with Crippen LogP contribution in [0.4, 0.5) is 4.79 Å². The van der Waals surface area contributed by atoms with Gasteiger partial charge >= 0.3 is 12.1 Å². The highest BCUT2D eigenvalue weighted by Gasteiger charge is 2.30. The van der Waals surface area contributed by atoms with E-state index in [0.717, 1.165) is 25.7 Å². The van der Waals surface area contributed by atoms with Gasteiger partial charge in [0, 0.05) is 0 Å². The van der Waals surface area contributed by atoms with Crippen LogP contribution in [0.15, 0.2) is 0 Å². The van der Waals surface area contributed by atoms with E-state index >= 15 is 0 Å². The Morgan fingerprint density at radius 1 is 1.05 bits per heavy atom. The molecule has 0 unspecified atom stereocenters. The third-order valence-corrected chi connectivity index (χ3v) is 3.88. The summed E-state index contributed by atoms with van der Waals surface area (Å²) >= 11 is 0. The van der Waals surface area contributed by atoms with Gasteiger partial charge in [-0.05, 0) is 40.0 Å². The number of ether oxygens (including phenoxy) is 2. The zero-order valence-electron chi connectivity index (χ0n) is 14.4. The fourth-order valence-corrected chi connectivity index (χ4v) is 1.95. The Labute approximate surface area is 128 Å². The van der Waals surface area contributed by atoms with Crippen LogP contribution in [-0.2, 0) is 14.3 Å². The Morgan fingerprint density at radius 3 is 2.10 bits per heavy atom. The highest BCUT2D eigenvalue weighted by atomic mass is 16.6. The van der Waals surface area contributed by atoms with Crippen molar-refractivity contribution in [3.8, 4) is 0 Å². The first-order valence-corrected chi connectivity index (χ1v) is 7.84. The molecule has 0 bridgehead atoms. The average molecular weight is 301 g/mol. The standard InChI is InChI=1S/C16H31NO4/c1-7-10-15(4,5)21-14(19)17-11-12-20-13(18)16(6,8-2)9-3/h7-12H2,1-6H3,(H,17,19). The number of carbonyl (C=O) groups is 2. The molecule has 0 aromatic carbocycles. The molecule has 21 heavy (non-hydrogen) atoms. The van der Waals surface area contributed by atoms with E-state index in [1.54, 1.807) is 0 Å². The molecule has 0 saturated heterocycles. The molecule has 0 atom stereocenters. The van der Waals surface area contributed by atoms with Crippen LogP contribution in [0.25, 0.3) is 0 Å². The number of hydrogen-bond donors (Lipinski definition) is 1. The van der Waals surface area contributed by atoms with Crippen molar-refractivity contribution in [1.29, 1.82) is 0 Å². The largest absolute Gasteiger partial charge is 0.463 e. The average Bonchev–Trinajstić information content (AvgIpc) is 2.41. The van der Waals surface area contributed by atoms with Crippen molar-refractivity contribution in [2.45, 2.75) is 72.8 Å². The van der Waals surface area contributed by atoms with E-state index in [1.807, 2.05) is 41.5 Å². The molecule has 0 heterocycles. The summed E-state index contributed by atoms with van der Waals surface area (Å²) in [5.74, 6) is -0.214. The smallest absolute Gasteiger partial charge is 0.407 e. The van der Waals surface area contributed by atoms with E-state index < -0.39 is 17.1 Å². The van der Waals surface area contributed by atoms with Gasteiger partial charge in [0.05, 0.1) is 12.0 Å². The van der Waals surface area contributed by atoms with Crippen LogP contribution in [0.3, 0.4) is 0 Å². The van der Waals surface area contributed by atoms with Gasteiger partial charge in [0.2, 0.25) is 0 Å². The predicted octanol–water partition coefficient (Wildman–Crippen LogP) is 3.66. The molecule has 0 fully saturated rings. The highest BCUT2D eigenvalue weighted by Crippen LogP contribution is 2.26. The number of amides is 1. The van der Waals surface area contributed by atoms with Crippen molar-refractivity contribution in [2.75, 3.05) is 13.2 Å². The van der Waals surface area contributed by atoms with Crippen molar-refractivity contribution in [2.24, 2.45) is 5.41 Å². The van der Waals surface area contributed by atoms with Crippen LogP contribution < -0.4 is 5.32 Å². The number of alkyl carbamates (subject to hydrolysis) is 1. The normalized spacial score (nSPS) is 11.9. The summed E-state index contributed by atoms with van der Waals surface area (Å²) in [5, 5.41) is 2.60. The minimum atomic E-state index is -0.474. The molecule has 5 heteroatoms. The van der Waals surface area contributed by atoms with E-state index in [4.69, 9.17) is 9.47 Å². The van der Waals surface area contributed by atoms with E-state index in [-0.39, 0.29) is 19.1 Å². The Bertz CT molecular complexity index is 335. The number of hydrogen-bond acceptors (Lipinski definition) is 4. The SMILES string of the molecule is CCCC(C)(C)OC(=O)NCCOC(=O)C(C)(CC)CC. The van der Waals surface area contributed by atoms with E-state index in [9.17, 15) is 9.59 Å². The number of nitrogens with one attached hydrogen (secondary N) is 1. The lowest BCUT2D eigenvalue weighted by Gasteiger charge is -2.25. The summed E-state index contributed by atoms with van der Waals surface area (Å²) in [6, 6.07) is 0. The second-order valence-corrected chi connectivity index (χ2v) is 6.23. The second-order valence-electron chi connectivity index (χ2n) is 6.23. The molecule has 0 saturated carbocycles. The summed E-state index contributed by atoms with van der Waals surface area (Å²) in [4.78, 5) is 23.5. The van der Waals surface area contributed by atoms with Crippen LogP contribution >= 0.6 is 0 Å². The van der Waals surface area contributed by atoms with Crippen molar-refractivity contribution in [1.82, 2.24) is 5.32 Å². The van der Waals surface area contributed by atoms with Crippen LogP contribution in [0.5, 0.6) is 0 Å². The maximum Gasteiger partial charge on any atom is 0.407 e. The molecule has 0 aliphatic heterocycles. The van der Waals surface area contributed by atoms with Crippen LogP contribution in [-0.4, -0.2) is 30.8 Å². The highest BCUT2D eigenvalue weighted by molar-refractivity contribution is 5.76. The Morgan fingerprint density at radius 2 is 1.62 bits per heavy atom. The Kier molecular flexibility index (Phi) is 8.37. The van der Waals surface area contributed by atoms with Crippen molar-refractivity contribution < 1.29 is 19.1 Å². The Hall–Kier alpha value is -1.26. The lowest BCUT2D eigenvalue weighted by atomic mass is 9.85. The molecule has 0 aliphatic rings. The molecule has 0 aromatic rings.